The molecule has 1 aliphatic heterocycles. The number of likely N-dealkylation sites (tertiary alicyclic amines) is 1. The van der Waals surface area contributed by atoms with Crippen LogP contribution in [0, 0.1) is 0 Å². The van der Waals surface area contributed by atoms with Gasteiger partial charge in [0.1, 0.15) is 11.4 Å². The molecule has 0 spiro atoms. The van der Waals surface area contributed by atoms with Gasteiger partial charge in [-0.05, 0) is 68.3 Å². The van der Waals surface area contributed by atoms with Crippen LogP contribution in [0.2, 0.25) is 0 Å². The SMILES string of the molecule is CCOc1ccc(-n2nnnc2C(F)(F)F)cc1CN[C@@H]1CCN(C(=O)OC(C)(C)C)C[C@H]1c1ccccc1. The Kier molecular flexibility index (Phi) is 8.43. The van der Waals surface area contributed by atoms with Crippen LogP contribution in [0.1, 0.15) is 57.0 Å². The lowest BCUT2D eigenvalue weighted by atomic mass is 9.86. The van der Waals surface area contributed by atoms with Gasteiger partial charge in [-0.3, -0.25) is 0 Å². The van der Waals surface area contributed by atoms with Crippen molar-refractivity contribution in [2.45, 2.75) is 64.4 Å². The van der Waals surface area contributed by atoms with E-state index in [1.807, 2.05) is 58.0 Å². The van der Waals surface area contributed by atoms with Gasteiger partial charge in [0.15, 0.2) is 0 Å². The summed E-state index contributed by atoms with van der Waals surface area (Å²) in [7, 11) is 0. The summed E-state index contributed by atoms with van der Waals surface area (Å²) in [4.78, 5) is 14.5. The minimum absolute atomic E-state index is 0.0111. The van der Waals surface area contributed by atoms with Crippen molar-refractivity contribution in [2.24, 2.45) is 0 Å². The van der Waals surface area contributed by atoms with Crippen molar-refractivity contribution in [3.05, 3.63) is 65.5 Å². The molecule has 9 nitrogen and oxygen atoms in total. The Morgan fingerprint density at radius 1 is 1.13 bits per heavy atom. The monoisotopic (exact) mass is 546 g/mol. The highest BCUT2D eigenvalue weighted by atomic mass is 19.4. The topological polar surface area (TPSA) is 94.4 Å². The normalized spacial score (nSPS) is 18.2. The largest absolute Gasteiger partial charge is 0.494 e. The molecule has 1 N–H and O–H groups in total. The van der Waals surface area contributed by atoms with E-state index in [2.05, 4.69) is 20.8 Å². The van der Waals surface area contributed by atoms with Gasteiger partial charge >= 0.3 is 12.3 Å². The number of ether oxygens (including phenoxy) is 2. The van der Waals surface area contributed by atoms with E-state index in [0.29, 0.717) is 48.7 Å². The van der Waals surface area contributed by atoms with Gasteiger partial charge in [-0.1, -0.05) is 30.3 Å². The zero-order valence-corrected chi connectivity index (χ0v) is 22.4. The van der Waals surface area contributed by atoms with E-state index >= 15 is 0 Å². The third-order valence-electron chi connectivity index (χ3n) is 6.36. The molecule has 0 unspecified atom stereocenters. The number of benzene rings is 2. The first-order chi connectivity index (χ1) is 18.5. The van der Waals surface area contributed by atoms with Crippen LogP contribution in [-0.2, 0) is 17.5 Å². The summed E-state index contributed by atoms with van der Waals surface area (Å²) in [6, 6.07) is 14.6. The molecule has 0 bridgehead atoms. The molecule has 0 radical (unpaired) electrons. The fourth-order valence-electron chi connectivity index (χ4n) is 4.64. The van der Waals surface area contributed by atoms with Crippen LogP contribution in [0.5, 0.6) is 5.75 Å². The fraction of sp³-hybridized carbons (Fsp3) is 0.481. The number of aromatic nitrogens is 4. The molecule has 12 heteroatoms. The van der Waals surface area contributed by atoms with Gasteiger partial charge in [-0.15, -0.1) is 5.10 Å². The van der Waals surface area contributed by atoms with Crippen LogP contribution >= 0.6 is 0 Å². The third-order valence-corrected chi connectivity index (χ3v) is 6.36. The average Bonchev–Trinajstić information content (AvgIpc) is 3.39. The van der Waals surface area contributed by atoms with Crippen molar-refractivity contribution in [3.63, 3.8) is 0 Å². The summed E-state index contributed by atoms with van der Waals surface area (Å²) < 4.78 is 52.3. The van der Waals surface area contributed by atoms with E-state index in [4.69, 9.17) is 9.47 Å². The molecule has 1 saturated heterocycles. The highest BCUT2D eigenvalue weighted by molar-refractivity contribution is 5.68. The summed E-state index contributed by atoms with van der Waals surface area (Å²) in [6.45, 7) is 9.05. The lowest BCUT2D eigenvalue weighted by Crippen LogP contribution is -2.50. The minimum Gasteiger partial charge on any atom is -0.494 e. The highest BCUT2D eigenvalue weighted by Gasteiger charge is 2.39. The molecule has 1 aliphatic rings. The van der Waals surface area contributed by atoms with E-state index in [1.54, 1.807) is 17.0 Å². The van der Waals surface area contributed by atoms with Crippen molar-refractivity contribution in [2.75, 3.05) is 19.7 Å². The first-order valence-corrected chi connectivity index (χ1v) is 12.8. The number of carbonyl (C=O) groups excluding carboxylic acids is 1. The summed E-state index contributed by atoms with van der Waals surface area (Å²) in [5.74, 6) is -0.676. The molecular formula is C27H33F3N6O3. The Labute approximate surface area is 225 Å². The van der Waals surface area contributed by atoms with Gasteiger partial charge in [0.2, 0.25) is 0 Å². The average molecular weight is 547 g/mol. The number of tetrazole rings is 1. The lowest BCUT2D eigenvalue weighted by Gasteiger charge is -2.40. The molecule has 2 aromatic carbocycles. The van der Waals surface area contributed by atoms with Gasteiger partial charge in [0.25, 0.3) is 5.82 Å². The lowest BCUT2D eigenvalue weighted by molar-refractivity contribution is -0.146. The Morgan fingerprint density at radius 3 is 2.54 bits per heavy atom. The molecular weight excluding hydrogens is 513 g/mol. The summed E-state index contributed by atoms with van der Waals surface area (Å²) >= 11 is 0. The number of carbonyl (C=O) groups is 1. The predicted octanol–water partition coefficient (Wildman–Crippen LogP) is 4.96. The molecule has 0 aliphatic carbocycles. The summed E-state index contributed by atoms with van der Waals surface area (Å²) in [5, 5.41) is 13.5. The number of nitrogens with zero attached hydrogens (tertiary/aromatic N) is 5. The first-order valence-electron chi connectivity index (χ1n) is 12.8. The molecule has 2 atom stereocenters. The van der Waals surface area contributed by atoms with Crippen LogP contribution in [0.4, 0.5) is 18.0 Å². The molecule has 0 saturated carbocycles. The zero-order valence-electron chi connectivity index (χ0n) is 22.4. The number of rotatable bonds is 7. The Hall–Kier alpha value is -3.67. The van der Waals surface area contributed by atoms with Crippen molar-refractivity contribution in [3.8, 4) is 11.4 Å². The third kappa shape index (κ3) is 7.05. The first kappa shape index (κ1) is 28.3. The van der Waals surface area contributed by atoms with Gasteiger partial charge in [0.05, 0.1) is 12.3 Å². The van der Waals surface area contributed by atoms with Gasteiger partial charge < -0.3 is 19.7 Å². The van der Waals surface area contributed by atoms with Crippen molar-refractivity contribution in [1.82, 2.24) is 30.4 Å². The second-order valence-corrected chi connectivity index (χ2v) is 10.4. The van der Waals surface area contributed by atoms with E-state index in [0.717, 1.165) is 5.56 Å². The molecule has 2 heterocycles. The second kappa shape index (κ2) is 11.6. The van der Waals surface area contributed by atoms with Crippen molar-refractivity contribution >= 4 is 6.09 Å². The Morgan fingerprint density at radius 2 is 1.87 bits per heavy atom. The maximum atomic E-state index is 13.4. The van der Waals surface area contributed by atoms with E-state index < -0.39 is 17.6 Å². The predicted molar refractivity (Wildman–Crippen MR) is 138 cm³/mol. The number of piperidine rings is 1. The summed E-state index contributed by atoms with van der Waals surface area (Å²) in [6.07, 6.45) is -4.39. The minimum atomic E-state index is -4.70. The fourth-order valence-corrected chi connectivity index (χ4v) is 4.64. The Bertz CT molecular complexity index is 1260. The van der Waals surface area contributed by atoms with Crippen molar-refractivity contribution in [1.29, 1.82) is 0 Å². The second-order valence-electron chi connectivity index (χ2n) is 10.4. The van der Waals surface area contributed by atoms with Crippen LogP contribution in [0.3, 0.4) is 0 Å². The number of alkyl halides is 3. The van der Waals surface area contributed by atoms with Crippen LogP contribution in [0.25, 0.3) is 5.69 Å². The molecule has 1 amide bonds. The number of amides is 1. The quantitative estimate of drug-likeness (QED) is 0.448. The van der Waals surface area contributed by atoms with E-state index in [1.165, 1.54) is 6.07 Å². The molecule has 1 fully saturated rings. The van der Waals surface area contributed by atoms with Crippen LogP contribution in [-0.4, -0.2) is 62.5 Å². The van der Waals surface area contributed by atoms with Crippen LogP contribution < -0.4 is 10.1 Å². The standard InChI is InChI=1S/C27H33F3N6O3/c1-5-38-23-12-11-20(36-24(27(28,29)30)32-33-34-36)15-19(23)16-31-22-13-14-35(25(37)39-26(2,3)4)17-21(22)18-9-7-6-8-10-18/h6-12,15,21-22,31H,5,13-14,16-17H2,1-4H3/t21-,22+/m0/s1. The summed E-state index contributed by atoms with van der Waals surface area (Å²) in [5.41, 5.74) is 1.32. The van der Waals surface area contributed by atoms with E-state index in [-0.39, 0.29) is 23.7 Å². The van der Waals surface area contributed by atoms with Crippen molar-refractivity contribution < 1.29 is 27.4 Å². The van der Waals surface area contributed by atoms with Gasteiger partial charge in [0, 0.05) is 37.2 Å². The molecule has 4 rings (SSSR count). The maximum absolute atomic E-state index is 13.4. The maximum Gasteiger partial charge on any atom is 0.453 e. The zero-order chi connectivity index (χ0) is 28.2. The Balaban J connectivity index is 1.57. The molecule has 3 aromatic rings. The highest BCUT2D eigenvalue weighted by Crippen LogP contribution is 2.32. The smallest absolute Gasteiger partial charge is 0.453 e. The van der Waals surface area contributed by atoms with Gasteiger partial charge in [-0.2, -0.15) is 17.9 Å². The number of hydrogen-bond acceptors (Lipinski definition) is 7. The number of hydrogen-bond donors (Lipinski definition) is 1. The molecule has 1 aromatic heterocycles. The van der Waals surface area contributed by atoms with E-state index in [9.17, 15) is 18.0 Å². The number of halogens is 3. The molecule has 39 heavy (non-hydrogen) atoms. The van der Waals surface area contributed by atoms with Gasteiger partial charge in [-0.25, -0.2) is 4.79 Å². The number of nitrogens with one attached hydrogen (secondary N) is 1. The molecule has 210 valence electrons. The van der Waals surface area contributed by atoms with Crippen LogP contribution in [0.15, 0.2) is 48.5 Å².